The van der Waals surface area contributed by atoms with Gasteiger partial charge in [-0.2, -0.15) is 4.57 Å². The van der Waals surface area contributed by atoms with Crippen LogP contribution in [0.4, 0.5) is 0 Å². The van der Waals surface area contributed by atoms with Crippen LogP contribution in [0.25, 0.3) is 0 Å². The van der Waals surface area contributed by atoms with Crippen LogP contribution in [-0.4, -0.2) is 23.0 Å². The molecule has 0 saturated carbocycles. The third-order valence-corrected chi connectivity index (χ3v) is 1.82. The molecule has 0 saturated heterocycles. The molecule has 0 atom stereocenters. The maximum absolute atomic E-state index is 11.6. The van der Waals surface area contributed by atoms with Gasteiger partial charge in [0.15, 0.2) is 12.4 Å². The Labute approximate surface area is 100 Å². The van der Waals surface area contributed by atoms with Gasteiger partial charge in [-0.1, -0.05) is 5.16 Å². The van der Waals surface area contributed by atoms with Gasteiger partial charge < -0.3 is 9.94 Å². The number of rotatable bonds is 3. The van der Waals surface area contributed by atoms with Crippen molar-refractivity contribution in [1.82, 2.24) is 0 Å². The van der Waals surface area contributed by atoms with E-state index in [2.05, 4.69) is 5.16 Å². The molecule has 0 radical (unpaired) electrons. The highest BCUT2D eigenvalue weighted by molar-refractivity contribution is 5.77. The zero-order valence-electron chi connectivity index (χ0n) is 10.3. The molecule has 17 heavy (non-hydrogen) atoms. The summed E-state index contributed by atoms with van der Waals surface area (Å²) in [5.41, 5.74) is 0.223. The van der Waals surface area contributed by atoms with E-state index in [1.807, 2.05) is 20.8 Å². The average Bonchev–Trinajstić information content (AvgIpc) is 2.15. The largest absolute Gasteiger partial charge is 0.455 e. The number of aromatic nitrogens is 1. The molecule has 1 N–H and O–H groups in total. The van der Waals surface area contributed by atoms with Gasteiger partial charge >= 0.3 is 5.97 Å². The Balaban J connectivity index is 2.68. The highest BCUT2D eigenvalue weighted by Gasteiger charge is 2.19. The van der Waals surface area contributed by atoms with Crippen molar-refractivity contribution >= 4 is 12.2 Å². The third kappa shape index (κ3) is 5.10. The molecular weight excluding hydrogens is 220 g/mol. The summed E-state index contributed by atoms with van der Waals surface area (Å²) in [4.78, 5) is 11.6. The van der Waals surface area contributed by atoms with E-state index in [1.165, 1.54) is 6.21 Å². The van der Waals surface area contributed by atoms with Crippen LogP contribution in [-0.2, 0) is 16.1 Å². The summed E-state index contributed by atoms with van der Waals surface area (Å²) in [5.74, 6) is -0.305. The molecule has 0 fully saturated rings. The number of esters is 1. The van der Waals surface area contributed by atoms with Crippen molar-refractivity contribution < 1.29 is 19.3 Å². The SMILES string of the molecule is CC(C)(C)OC(=O)C[n+]1cccc(/C=N\O)c1. The Kier molecular flexibility index (Phi) is 4.20. The summed E-state index contributed by atoms with van der Waals surface area (Å²) >= 11 is 0. The standard InChI is InChI=1S/C12H16N2O3/c1-12(2,3)17-11(15)9-14-6-4-5-10(8-14)7-13-16/h4-8H,9H2,1-3H3/p+1/b13-7-. The summed E-state index contributed by atoms with van der Waals surface area (Å²) in [6, 6.07) is 3.53. The van der Waals surface area contributed by atoms with Crippen LogP contribution >= 0.6 is 0 Å². The van der Waals surface area contributed by atoms with Crippen LogP contribution in [0.3, 0.4) is 0 Å². The normalized spacial score (nSPS) is 11.7. The van der Waals surface area contributed by atoms with Crippen molar-refractivity contribution in [2.75, 3.05) is 0 Å². The van der Waals surface area contributed by atoms with Gasteiger partial charge in [0.05, 0.1) is 11.8 Å². The van der Waals surface area contributed by atoms with Crippen molar-refractivity contribution in [1.29, 1.82) is 0 Å². The van der Waals surface area contributed by atoms with Gasteiger partial charge in [0.1, 0.15) is 5.60 Å². The van der Waals surface area contributed by atoms with E-state index in [0.717, 1.165) is 0 Å². The van der Waals surface area contributed by atoms with E-state index in [4.69, 9.17) is 9.94 Å². The van der Waals surface area contributed by atoms with Crippen LogP contribution in [0.2, 0.25) is 0 Å². The zero-order chi connectivity index (χ0) is 12.9. The van der Waals surface area contributed by atoms with Crippen LogP contribution in [0.5, 0.6) is 0 Å². The van der Waals surface area contributed by atoms with Gasteiger partial charge in [-0.05, 0) is 26.8 Å². The monoisotopic (exact) mass is 237 g/mol. The van der Waals surface area contributed by atoms with E-state index in [9.17, 15) is 4.79 Å². The first kappa shape index (κ1) is 13.2. The maximum atomic E-state index is 11.6. The van der Waals surface area contributed by atoms with Crippen LogP contribution in [0, 0.1) is 0 Å². The summed E-state index contributed by atoms with van der Waals surface area (Å²) in [5, 5.41) is 11.3. The second kappa shape index (κ2) is 5.43. The molecule has 0 unspecified atom stereocenters. The lowest BCUT2D eigenvalue weighted by Crippen LogP contribution is -2.40. The summed E-state index contributed by atoms with van der Waals surface area (Å²) in [7, 11) is 0. The number of carbonyl (C=O) groups excluding carboxylic acids is 1. The first-order valence-corrected chi connectivity index (χ1v) is 5.29. The van der Waals surface area contributed by atoms with Gasteiger partial charge in [-0.3, -0.25) is 0 Å². The number of hydrogen-bond donors (Lipinski definition) is 1. The molecule has 0 spiro atoms. The summed E-state index contributed by atoms with van der Waals surface area (Å²) in [6.07, 6.45) is 4.74. The number of nitrogens with zero attached hydrogens (tertiary/aromatic N) is 2. The minimum Gasteiger partial charge on any atom is -0.455 e. The minimum atomic E-state index is -0.484. The Morgan fingerprint density at radius 1 is 1.59 bits per heavy atom. The second-order valence-corrected chi connectivity index (χ2v) is 4.64. The first-order chi connectivity index (χ1) is 7.90. The highest BCUT2D eigenvalue weighted by atomic mass is 16.6. The Morgan fingerprint density at radius 3 is 2.88 bits per heavy atom. The molecule has 1 heterocycles. The van der Waals surface area contributed by atoms with E-state index in [1.54, 1.807) is 29.1 Å². The predicted octanol–water partition coefficient (Wildman–Crippen LogP) is 1.12. The lowest BCUT2D eigenvalue weighted by molar-refractivity contribution is -0.686. The molecule has 0 bridgehead atoms. The molecule has 0 aliphatic heterocycles. The van der Waals surface area contributed by atoms with Gasteiger partial charge in [-0.25, -0.2) is 4.79 Å². The van der Waals surface area contributed by atoms with Gasteiger partial charge in [0, 0.05) is 6.07 Å². The number of pyridine rings is 1. The summed E-state index contributed by atoms with van der Waals surface area (Å²) in [6.45, 7) is 5.60. The molecule has 0 aromatic carbocycles. The van der Waals surface area contributed by atoms with Crippen molar-refractivity contribution in [3.8, 4) is 0 Å². The summed E-state index contributed by atoms with van der Waals surface area (Å²) < 4.78 is 6.87. The van der Waals surface area contributed by atoms with E-state index < -0.39 is 5.60 Å². The van der Waals surface area contributed by atoms with Gasteiger partial charge in [-0.15, -0.1) is 0 Å². The smallest absolute Gasteiger partial charge is 0.373 e. The molecule has 0 amide bonds. The number of oxime groups is 1. The molecule has 5 nitrogen and oxygen atoms in total. The van der Waals surface area contributed by atoms with Crippen molar-refractivity contribution in [3.63, 3.8) is 0 Å². The lowest BCUT2D eigenvalue weighted by atomic mass is 10.2. The molecule has 0 aliphatic rings. The van der Waals surface area contributed by atoms with Crippen LogP contribution in [0.1, 0.15) is 26.3 Å². The zero-order valence-corrected chi connectivity index (χ0v) is 10.3. The van der Waals surface area contributed by atoms with Gasteiger partial charge in [0.2, 0.25) is 6.54 Å². The first-order valence-electron chi connectivity index (χ1n) is 5.29. The Bertz CT molecular complexity index is 422. The highest BCUT2D eigenvalue weighted by Crippen LogP contribution is 2.06. The van der Waals surface area contributed by atoms with E-state index in [0.29, 0.717) is 5.56 Å². The van der Waals surface area contributed by atoms with E-state index in [-0.39, 0.29) is 12.5 Å². The van der Waals surface area contributed by atoms with E-state index >= 15 is 0 Å². The Hall–Kier alpha value is -1.91. The number of carbonyl (C=O) groups is 1. The van der Waals surface area contributed by atoms with Gasteiger partial charge in [0.25, 0.3) is 0 Å². The quantitative estimate of drug-likeness (QED) is 0.282. The fraction of sp³-hybridized carbons (Fsp3) is 0.417. The van der Waals surface area contributed by atoms with Crippen molar-refractivity contribution in [3.05, 3.63) is 30.1 Å². The molecule has 1 rings (SSSR count). The fourth-order valence-electron chi connectivity index (χ4n) is 1.31. The lowest BCUT2D eigenvalue weighted by Gasteiger charge is -2.18. The van der Waals surface area contributed by atoms with Crippen LogP contribution in [0.15, 0.2) is 29.7 Å². The van der Waals surface area contributed by atoms with Crippen molar-refractivity contribution in [2.24, 2.45) is 5.16 Å². The number of ether oxygens (including phenoxy) is 1. The minimum absolute atomic E-state index is 0.129. The molecule has 0 aliphatic carbocycles. The average molecular weight is 237 g/mol. The van der Waals surface area contributed by atoms with Crippen molar-refractivity contribution in [2.45, 2.75) is 32.9 Å². The maximum Gasteiger partial charge on any atom is 0.373 e. The molecule has 92 valence electrons. The predicted molar refractivity (Wildman–Crippen MR) is 61.9 cm³/mol. The van der Waals surface area contributed by atoms with Crippen LogP contribution < -0.4 is 4.57 Å². The Morgan fingerprint density at radius 2 is 2.29 bits per heavy atom. The molecular formula is C12H17N2O3+. The number of hydrogen-bond acceptors (Lipinski definition) is 4. The second-order valence-electron chi connectivity index (χ2n) is 4.64. The topological polar surface area (TPSA) is 62.8 Å². The molecule has 1 aromatic heterocycles. The molecule has 5 heteroatoms. The molecule has 1 aromatic rings. The fourth-order valence-corrected chi connectivity index (χ4v) is 1.31. The third-order valence-electron chi connectivity index (χ3n) is 1.82.